The van der Waals surface area contributed by atoms with Gasteiger partial charge in [-0.15, -0.1) is 0 Å². The first-order valence-electron chi connectivity index (χ1n) is 7.98. The van der Waals surface area contributed by atoms with Crippen LogP contribution in [0, 0.1) is 17.8 Å². The molecule has 2 fully saturated rings. The number of carboxylic acid groups (broad SMARTS) is 1. The smallest absolute Gasteiger partial charge is 0.323 e. The minimum Gasteiger partial charge on any atom is -0.480 e. The van der Waals surface area contributed by atoms with E-state index in [4.69, 9.17) is 0 Å². The van der Waals surface area contributed by atoms with Crippen molar-refractivity contribution < 1.29 is 9.90 Å². The molecule has 4 heteroatoms. The molecule has 0 aliphatic heterocycles. The van der Waals surface area contributed by atoms with E-state index in [1.165, 1.54) is 25.7 Å². The zero-order chi connectivity index (χ0) is 14.9. The van der Waals surface area contributed by atoms with Crippen LogP contribution < -0.4 is 5.32 Å². The van der Waals surface area contributed by atoms with Gasteiger partial charge in [0.1, 0.15) is 5.54 Å². The summed E-state index contributed by atoms with van der Waals surface area (Å²) in [5.74, 6) is 1.99. The Morgan fingerprint density at radius 3 is 2.60 bits per heavy atom. The predicted molar refractivity (Wildman–Crippen MR) is 80.7 cm³/mol. The van der Waals surface area contributed by atoms with E-state index in [0.717, 1.165) is 24.3 Å². The summed E-state index contributed by atoms with van der Waals surface area (Å²) < 4.78 is 0. The van der Waals surface area contributed by atoms with E-state index in [2.05, 4.69) is 24.2 Å². The zero-order valence-electron chi connectivity index (χ0n) is 13.4. The molecule has 4 nitrogen and oxygen atoms in total. The molecule has 20 heavy (non-hydrogen) atoms. The summed E-state index contributed by atoms with van der Waals surface area (Å²) in [4.78, 5) is 13.7. The Labute approximate surface area is 122 Å². The van der Waals surface area contributed by atoms with Crippen molar-refractivity contribution in [3.05, 3.63) is 0 Å². The van der Waals surface area contributed by atoms with Crippen molar-refractivity contribution in [2.45, 2.75) is 57.5 Å². The molecule has 5 unspecified atom stereocenters. The highest BCUT2D eigenvalue weighted by Gasteiger charge is 2.40. The average molecular weight is 282 g/mol. The van der Waals surface area contributed by atoms with Gasteiger partial charge in [0.2, 0.25) is 0 Å². The molecule has 0 aromatic carbocycles. The first-order chi connectivity index (χ1) is 9.35. The van der Waals surface area contributed by atoms with E-state index in [1.54, 1.807) is 14.0 Å². The Bertz CT molecular complexity index is 360. The third kappa shape index (κ3) is 3.17. The molecular weight excluding hydrogens is 252 g/mol. The molecule has 0 saturated heterocycles. The van der Waals surface area contributed by atoms with Crippen LogP contribution in [0.3, 0.4) is 0 Å². The first kappa shape index (κ1) is 15.8. The normalized spacial score (nSPS) is 33.4. The lowest BCUT2D eigenvalue weighted by molar-refractivity contribution is -0.144. The van der Waals surface area contributed by atoms with Gasteiger partial charge in [0.05, 0.1) is 0 Å². The second-order valence-electron chi connectivity index (χ2n) is 7.31. The molecule has 5 atom stereocenters. The van der Waals surface area contributed by atoms with E-state index < -0.39 is 11.5 Å². The third-order valence-corrected chi connectivity index (χ3v) is 5.89. The Balaban J connectivity index is 1.85. The number of carboxylic acids is 1. The largest absolute Gasteiger partial charge is 0.480 e. The zero-order valence-corrected chi connectivity index (χ0v) is 13.4. The Morgan fingerprint density at radius 1 is 1.45 bits per heavy atom. The molecule has 2 N–H and O–H groups in total. The van der Waals surface area contributed by atoms with Gasteiger partial charge in [-0.25, -0.2) is 0 Å². The Kier molecular flexibility index (Phi) is 4.75. The highest BCUT2D eigenvalue weighted by Crippen LogP contribution is 2.48. The van der Waals surface area contributed by atoms with Gasteiger partial charge >= 0.3 is 5.97 Å². The van der Waals surface area contributed by atoms with Crippen molar-refractivity contribution in [3.63, 3.8) is 0 Å². The predicted octanol–water partition coefficient (Wildman–Crippen LogP) is 2.20. The Morgan fingerprint density at radius 2 is 2.15 bits per heavy atom. The van der Waals surface area contributed by atoms with E-state index in [0.29, 0.717) is 6.42 Å². The van der Waals surface area contributed by atoms with Gasteiger partial charge in [-0.3, -0.25) is 4.79 Å². The van der Waals surface area contributed by atoms with Crippen LogP contribution in [0.1, 0.15) is 46.0 Å². The minimum absolute atomic E-state index is 0.280. The van der Waals surface area contributed by atoms with Crippen LogP contribution in [0.25, 0.3) is 0 Å². The van der Waals surface area contributed by atoms with Crippen molar-refractivity contribution >= 4 is 5.97 Å². The summed E-state index contributed by atoms with van der Waals surface area (Å²) in [6.45, 7) is 5.05. The summed E-state index contributed by atoms with van der Waals surface area (Å²) >= 11 is 0. The fourth-order valence-corrected chi connectivity index (χ4v) is 4.19. The summed E-state index contributed by atoms with van der Waals surface area (Å²) in [7, 11) is 3.88. The molecule has 0 spiro atoms. The van der Waals surface area contributed by atoms with Gasteiger partial charge in [-0.1, -0.05) is 6.42 Å². The maximum Gasteiger partial charge on any atom is 0.323 e. The van der Waals surface area contributed by atoms with Crippen LogP contribution in [-0.4, -0.2) is 48.2 Å². The lowest BCUT2D eigenvalue weighted by Gasteiger charge is -2.35. The lowest BCUT2D eigenvalue weighted by Crippen LogP contribution is -2.52. The number of likely N-dealkylation sites (N-methyl/N-ethyl adjacent to an activating group) is 1. The van der Waals surface area contributed by atoms with Crippen LogP contribution in [0.15, 0.2) is 0 Å². The molecule has 0 radical (unpaired) electrons. The fourth-order valence-electron chi connectivity index (χ4n) is 4.19. The van der Waals surface area contributed by atoms with Gasteiger partial charge in [-0.2, -0.15) is 0 Å². The van der Waals surface area contributed by atoms with Crippen molar-refractivity contribution in [1.82, 2.24) is 10.2 Å². The van der Waals surface area contributed by atoms with Gasteiger partial charge in [0.15, 0.2) is 0 Å². The summed E-state index contributed by atoms with van der Waals surface area (Å²) in [6, 6.07) is 0.280. The second kappa shape index (κ2) is 6.02. The number of hydrogen-bond acceptors (Lipinski definition) is 3. The molecule has 2 rings (SSSR count). The molecule has 0 aromatic rings. The molecule has 116 valence electrons. The van der Waals surface area contributed by atoms with E-state index in [9.17, 15) is 9.90 Å². The summed E-state index contributed by atoms with van der Waals surface area (Å²) in [6.07, 6.45) is 6.33. The molecule has 0 aromatic heterocycles. The van der Waals surface area contributed by atoms with Crippen LogP contribution in [0.4, 0.5) is 0 Å². The molecule has 2 bridgehead atoms. The lowest BCUT2D eigenvalue weighted by atomic mass is 9.87. The molecule has 0 heterocycles. The topological polar surface area (TPSA) is 52.6 Å². The number of nitrogens with zero attached hydrogens (tertiary/aromatic N) is 1. The number of carbonyl (C=O) groups is 1. The maximum atomic E-state index is 11.4. The molecule has 2 aliphatic rings. The van der Waals surface area contributed by atoms with Crippen molar-refractivity contribution in [3.8, 4) is 0 Å². The molecule has 2 aliphatic carbocycles. The molecular formula is C16H30N2O2. The monoisotopic (exact) mass is 282 g/mol. The number of fused-ring (bicyclic) bond motifs is 2. The number of aliphatic carboxylic acids is 1. The SMILES string of the molecule is CNC(C)(CC(C)N(C)CC1CC2CCC1C2)C(=O)O. The number of hydrogen-bond donors (Lipinski definition) is 2. The highest BCUT2D eigenvalue weighted by molar-refractivity contribution is 5.78. The minimum atomic E-state index is -0.831. The van der Waals surface area contributed by atoms with Crippen LogP contribution in [0.5, 0.6) is 0 Å². The van der Waals surface area contributed by atoms with Crippen LogP contribution in [0.2, 0.25) is 0 Å². The third-order valence-electron chi connectivity index (χ3n) is 5.89. The molecule has 0 amide bonds. The van der Waals surface area contributed by atoms with E-state index >= 15 is 0 Å². The van der Waals surface area contributed by atoms with E-state index in [-0.39, 0.29) is 6.04 Å². The van der Waals surface area contributed by atoms with Crippen LogP contribution in [-0.2, 0) is 4.79 Å². The fraction of sp³-hybridized carbons (Fsp3) is 0.938. The number of rotatable bonds is 7. The maximum absolute atomic E-state index is 11.4. The van der Waals surface area contributed by atoms with Crippen molar-refractivity contribution in [1.29, 1.82) is 0 Å². The highest BCUT2D eigenvalue weighted by atomic mass is 16.4. The van der Waals surface area contributed by atoms with Crippen molar-refractivity contribution in [2.75, 3.05) is 20.6 Å². The van der Waals surface area contributed by atoms with E-state index in [1.807, 2.05) is 0 Å². The van der Waals surface area contributed by atoms with Gasteiger partial charge < -0.3 is 15.3 Å². The van der Waals surface area contributed by atoms with Crippen molar-refractivity contribution in [2.24, 2.45) is 17.8 Å². The second-order valence-corrected chi connectivity index (χ2v) is 7.31. The number of nitrogens with one attached hydrogen (secondary N) is 1. The summed E-state index contributed by atoms with van der Waals surface area (Å²) in [5.41, 5.74) is -0.831. The Hall–Kier alpha value is -0.610. The van der Waals surface area contributed by atoms with Gasteiger partial charge in [0.25, 0.3) is 0 Å². The molecule has 2 saturated carbocycles. The van der Waals surface area contributed by atoms with Gasteiger partial charge in [0, 0.05) is 12.6 Å². The van der Waals surface area contributed by atoms with Gasteiger partial charge in [-0.05, 0) is 71.4 Å². The first-order valence-corrected chi connectivity index (χ1v) is 7.98. The average Bonchev–Trinajstić information content (AvgIpc) is 3.00. The quantitative estimate of drug-likeness (QED) is 0.751. The standard InChI is InChI=1S/C16H30N2O2/c1-11(9-16(2,17-3)15(19)20)18(4)10-14-8-12-5-6-13(14)7-12/h11-14,17H,5-10H2,1-4H3,(H,19,20). The summed E-state index contributed by atoms with van der Waals surface area (Å²) in [5, 5.41) is 12.3. The van der Waals surface area contributed by atoms with Crippen LogP contribution >= 0.6 is 0 Å².